The summed E-state index contributed by atoms with van der Waals surface area (Å²) in [7, 11) is 1.69. The van der Waals surface area contributed by atoms with Crippen LogP contribution in [0.3, 0.4) is 0 Å². The maximum Gasteiger partial charge on any atom is 0.133 e. The molecule has 2 saturated carbocycles. The molecule has 2 aliphatic rings. The van der Waals surface area contributed by atoms with E-state index in [1.165, 1.54) is 38.5 Å². The van der Waals surface area contributed by atoms with E-state index < -0.39 is 5.54 Å². The molecule has 0 radical (unpaired) electrons. The van der Waals surface area contributed by atoms with Gasteiger partial charge in [-0.25, -0.2) is 0 Å². The Labute approximate surface area is 91.8 Å². The number of ether oxygens (including phenoxy) is 1. The highest BCUT2D eigenvalue weighted by Crippen LogP contribution is 2.40. The molecule has 1 atom stereocenters. The van der Waals surface area contributed by atoms with Gasteiger partial charge in [0.05, 0.1) is 12.7 Å². The lowest BCUT2D eigenvalue weighted by atomic mass is 9.94. The Hall–Kier alpha value is -0.590. The summed E-state index contributed by atoms with van der Waals surface area (Å²) in [5, 5.41) is 12.9. The van der Waals surface area contributed by atoms with Gasteiger partial charge in [-0.15, -0.1) is 0 Å². The van der Waals surface area contributed by atoms with Crippen molar-refractivity contribution in [2.75, 3.05) is 13.7 Å². The molecule has 0 spiro atoms. The molecule has 0 aliphatic heterocycles. The van der Waals surface area contributed by atoms with Crippen molar-refractivity contribution in [2.24, 2.45) is 5.92 Å². The van der Waals surface area contributed by atoms with Gasteiger partial charge in [0.15, 0.2) is 0 Å². The zero-order valence-corrected chi connectivity index (χ0v) is 9.46. The van der Waals surface area contributed by atoms with Crippen LogP contribution < -0.4 is 5.32 Å². The average molecular weight is 208 g/mol. The van der Waals surface area contributed by atoms with Crippen molar-refractivity contribution in [1.82, 2.24) is 5.32 Å². The molecule has 2 rings (SSSR count). The van der Waals surface area contributed by atoms with E-state index in [0.717, 1.165) is 0 Å². The van der Waals surface area contributed by atoms with Crippen LogP contribution in [0.15, 0.2) is 0 Å². The van der Waals surface area contributed by atoms with Gasteiger partial charge in [-0.3, -0.25) is 5.32 Å². The predicted molar refractivity (Wildman–Crippen MR) is 58.3 cm³/mol. The maximum absolute atomic E-state index is 9.39. The Morgan fingerprint density at radius 2 is 2.00 bits per heavy atom. The van der Waals surface area contributed by atoms with Gasteiger partial charge in [-0.1, -0.05) is 12.8 Å². The molecule has 84 valence electrons. The molecule has 2 aliphatic carbocycles. The summed E-state index contributed by atoms with van der Waals surface area (Å²) < 4.78 is 5.22. The minimum atomic E-state index is -0.399. The summed E-state index contributed by atoms with van der Waals surface area (Å²) in [4.78, 5) is 0. The van der Waals surface area contributed by atoms with Crippen molar-refractivity contribution in [1.29, 1.82) is 5.26 Å². The van der Waals surface area contributed by atoms with Crippen LogP contribution in [0.4, 0.5) is 0 Å². The minimum absolute atomic E-state index is 0.399. The number of hydrogen-bond donors (Lipinski definition) is 1. The van der Waals surface area contributed by atoms with Gasteiger partial charge in [0.2, 0.25) is 0 Å². The second kappa shape index (κ2) is 4.51. The monoisotopic (exact) mass is 208 g/mol. The summed E-state index contributed by atoms with van der Waals surface area (Å²) in [6.45, 7) is 0.532. The number of nitriles is 1. The van der Waals surface area contributed by atoms with E-state index in [9.17, 15) is 5.26 Å². The molecule has 3 heteroatoms. The minimum Gasteiger partial charge on any atom is -0.382 e. The molecule has 2 fully saturated rings. The van der Waals surface area contributed by atoms with Gasteiger partial charge < -0.3 is 4.74 Å². The number of nitrogens with zero attached hydrogens (tertiary/aromatic N) is 1. The van der Waals surface area contributed by atoms with E-state index in [-0.39, 0.29) is 0 Å². The second-order valence-electron chi connectivity index (χ2n) is 4.92. The van der Waals surface area contributed by atoms with Crippen LogP contribution in [0, 0.1) is 17.2 Å². The third kappa shape index (κ3) is 2.32. The van der Waals surface area contributed by atoms with Crippen molar-refractivity contribution in [2.45, 2.75) is 50.1 Å². The van der Waals surface area contributed by atoms with Crippen molar-refractivity contribution in [3.05, 3.63) is 0 Å². The highest BCUT2D eigenvalue weighted by Gasteiger charge is 2.47. The molecule has 0 saturated heterocycles. The van der Waals surface area contributed by atoms with Gasteiger partial charge in [0.25, 0.3) is 0 Å². The molecule has 1 N–H and O–H groups in total. The summed E-state index contributed by atoms with van der Waals surface area (Å²) in [5.41, 5.74) is -0.399. The number of methoxy groups -OCH3 is 1. The van der Waals surface area contributed by atoms with Crippen LogP contribution in [0.1, 0.15) is 38.5 Å². The molecule has 0 aromatic rings. The first-order valence-corrected chi connectivity index (χ1v) is 5.98. The lowest BCUT2D eigenvalue weighted by Crippen LogP contribution is -2.53. The summed E-state index contributed by atoms with van der Waals surface area (Å²) in [5.74, 6) is 0.517. The molecule has 0 bridgehead atoms. The van der Waals surface area contributed by atoms with Crippen LogP contribution in [0.2, 0.25) is 0 Å². The molecule has 0 aromatic heterocycles. The average Bonchev–Trinajstić information content (AvgIpc) is 2.98. The Balaban J connectivity index is 1.99. The molecule has 0 amide bonds. The van der Waals surface area contributed by atoms with E-state index in [1.807, 2.05) is 0 Å². The van der Waals surface area contributed by atoms with Crippen LogP contribution >= 0.6 is 0 Å². The third-order valence-corrected chi connectivity index (χ3v) is 3.66. The van der Waals surface area contributed by atoms with Gasteiger partial charge in [0, 0.05) is 13.2 Å². The summed E-state index contributed by atoms with van der Waals surface area (Å²) in [6, 6.07) is 3.01. The highest BCUT2D eigenvalue weighted by atomic mass is 16.5. The smallest absolute Gasteiger partial charge is 0.133 e. The normalized spacial score (nSPS) is 26.1. The number of nitrogens with one attached hydrogen (secondary N) is 1. The topological polar surface area (TPSA) is 45.0 Å². The summed E-state index contributed by atoms with van der Waals surface area (Å²) in [6.07, 6.45) is 7.40. The zero-order valence-electron chi connectivity index (χ0n) is 9.46. The van der Waals surface area contributed by atoms with E-state index >= 15 is 0 Å². The standard InChI is InChI=1S/C12H20N2O/c1-15-9-12(8-13,10-6-7-10)14-11-4-2-3-5-11/h10-11,14H,2-7,9H2,1H3. The number of rotatable bonds is 5. The van der Waals surface area contributed by atoms with Gasteiger partial charge in [-0.05, 0) is 31.6 Å². The van der Waals surface area contributed by atoms with Crippen LogP contribution in [0.25, 0.3) is 0 Å². The van der Waals surface area contributed by atoms with Crippen molar-refractivity contribution in [3.63, 3.8) is 0 Å². The first kappa shape index (κ1) is 10.9. The first-order chi connectivity index (χ1) is 7.30. The fourth-order valence-corrected chi connectivity index (χ4v) is 2.67. The van der Waals surface area contributed by atoms with Crippen LogP contribution in [-0.4, -0.2) is 25.3 Å². The van der Waals surface area contributed by atoms with Crippen molar-refractivity contribution in [3.8, 4) is 6.07 Å². The molecular weight excluding hydrogens is 188 g/mol. The van der Waals surface area contributed by atoms with E-state index in [1.54, 1.807) is 7.11 Å². The van der Waals surface area contributed by atoms with E-state index in [2.05, 4.69) is 11.4 Å². The Kier molecular flexibility index (Phi) is 3.28. The van der Waals surface area contributed by atoms with Gasteiger partial charge >= 0.3 is 0 Å². The fourth-order valence-electron chi connectivity index (χ4n) is 2.67. The van der Waals surface area contributed by atoms with Crippen LogP contribution in [-0.2, 0) is 4.74 Å². The second-order valence-corrected chi connectivity index (χ2v) is 4.92. The predicted octanol–water partition coefficient (Wildman–Crippen LogP) is 1.84. The molecule has 0 heterocycles. The van der Waals surface area contributed by atoms with Crippen LogP contribution in [0.5, 0.6) is 0 Å². The Morgan fingerprint density at radius 3 is 2.47 bits per heavy atom. The largest absolute Gasteiger partial charge is 0.382 e. The Morgan fingerprint density at radius 1 is 1.33 bits per heavy atom. The Bertz CT molecular complexity index is 251. The fraction of sp³-hybridized carbons (Fsp3) is 0.917. The molecule has 0 aromatic carbocycles. The quantitative estimate of drug-likeness (QED) is 0.749. The molecule has 3 nitrogen and oxygen atoms in total. The molecular formula is C12H20N2O. The lowest BCUT2D eigenvalue weighted by Gasteiger charge is -2.30. The highest BCUT2D eigenvalue weighted by molar-refractivity contribution is 5.16. The third-order valence-electron chi connectivity index (χ3n) is 3.66. The van der Waals surface area contributed by atoms with Gasteiger partial charge in [0.1, 0.15) is 5.54 Å². The summed E-state index contributed by atoms with van der Waals surface area (Å²) >= 11 is 0. The lowest BCUT2D eigenvalue weighted by molar-refractivity contribution is 0.118. The first-order valence-electron chi connectivity index (χ1n) is 5.98. The van der Waals surface area contributed by atoms with Crippen molar-refractivity contribution >= 4 is 0 Å². The zero-order chi connectivity index (χ0) is 10.7. The van der Waals surface area contributed by atoms with Gasteiger partial charge in [-0.2, -0.15) is 5.26 Å². The van der Waals surface area contributed by atoms with Crippen molar-refractivity contribution < 1.29 is 4.74 Å². The SMILES string of the molecule is COCC(C#N)(NC1CCCC1)C1CC1. The molecule has 15 heavy (non-hydrogen) atoms. The maximum atomic E-state index is 9.39. The van der Waals surface area contributed by atoms with E-state index in [4.69, 9.17) is 4.74 Å². The van der Waals surface area contributed by atoms with E-state index in [0.29, 0.717) is 18.6 Å². The molecule has 1 unspecified atom stereocenters. The number of hydrogen-bond acceptors (Lipinski definition) is 3.